The van der Waals surface area contributed by atoms with E-state index in [1.54, 1.807) is 6.07 Å². The zero-order valence-electron chi connectivity index (χ0n) is 8.92. The van der Waals surface area contributed by atoms with Crippen molar-refractivity contribution in [3.63, 3.8) is 0 Å². The molecule has 0 bridgehead atoms. The second kappa shape index (κ2) is 4.01. The van der Waals surface area contributed by atoms with E-state index in [-0.39, 0.29) is 5.92 Å². The molecule has 0 unspecified atom stereocenters. The van der Waals surface area contributed by atoms with Gasteiger partial charge in [0.1, 0.15) is 0 Å². The van der Waals surface area contributed by atoms with E-state index < -0.39 is 6.55 Å². The number of alkyl halides is 2. The van der Waals surface area contributed by atoms with Gasteiger partial charge in [0, 0.05) is 11.6 Å². The third-order valence-corrected chi connectivity index (χ3v) is 2.92. The fourth-order valence-corrected chi connectivity index (χ4v) is 2.07. The van der Waals surface area contributed by atoms with Gasteiger partial charge < -0.3 is 0 Å². The Labute approximate surface area is 96.8 Å². The van der Waals surface area contributed by atoms with Gasteiger partial charge in [0.25, 0.3) is 0 Å². The van der Waals surface area contributed by atoms with E-state index in [1.807, 2.05) is 19.9 Å². The molecule has 1 aromatic heterocycles. The number of aromatic nitrogens is 2. The normalized spacial score (nSPS) is 11.9. The Balaban J connectivity index is 2.65. The Morgan fingerprint density at radius 1 is 1.31 bits per heavy atom. The fourth-order valence-electron chi connectivity index (χ4n) is 1.64. The highest BCUT2D eigenvalue weighted by molar-refractivity contribution is 6.36. The Morgan fingerprint density at radius 3 is 2.56 bits per heavy atom. The molecule has 0 fully saturated rings. The highest BCUT2D eigenvalue weighted by Gasteiger charge is 2.14. The summed E-state index contributed by atoms with van der Waals surface area (Å²) in [5.41, 5.74) is 1.44. The van der Waals surface area contributed by atoms with Crippen LogP contribution < -0.4 is 0 Å². The van der Waals surface area contributed by atoms with Gasteiger partial charge in [-0.1, -0.05) is 31.5 Å². The summed E-state index contributed by atoms with van der Waals surface area (Å²) in [6, 6.07) is 3.55. The standard InChI is InChI=1S/C11H11ClF2N2/c1-6(2)7-3-4-9-8(10(7)12)5-16(15-9)11(13)14/h3-6,11H,1-2H3. The highest BCUT2D eigenvalue weighted by atomic mass is 35.5. The second-order valence-electron chi connectivity index (χ2n) is 3.94. The largest absolute Gasteiger partial charge is 0.333 e. The van der Waals surface area contributed by atoms with Crippen molar-refractivity contribution in [2.24, 2.45) is 0 Å². The molecule has 5 heteroatoms. The molecule has 2 nitrogen and oxygen atoms in total. The van der Waals surface area contributed by atoms with E-state index in [9.17, 15) is 8.78 Å². The van der Waals surface area contributed by atoms with Crippen LogP contribution in [0.2, 0.25) is 5.02 Å². The fraction of sp³-hybridized carbons (Fsp3) is 0.364. The Hall–Kier alpha value is -1.16. The van der Waals surface area contributed by atoms with Crippen LogP contribution in [0.4, 0.5) is 8.78 Å². The molecule has 86 valence electrons. The predicted octanol–water partition coefficient (Wildman–Crippen LogP) is 4.21. The Morgan fingerprint density at radius 2 is 2.00 bits per heavy atom. The van der Waals surface area contributed by atoms with Crippen molar-refractivity contribution in [3.05, 3.63) is 28.9 Å². The third-order valence-electron chi connectivity index (χ3n) is 2.49. The molecule has 1 aromatic carbocycles. The number of fused-ring (bicyclic) bond motifs is 1. The van der Waals surface area contributed by atoms with Gasteiger partial charge in [-0.15, -0.1) is 0 Å². The van der Waals surface area contributed by atoms with Crippen molar-refractivity contribution < 1.29 is 8.78 Å². The number of halogens is 3. The molecule has 0 amide bonds. The van der Waals surface area contributed by atoms with Crippen LogP contribution in [0.3, 0.4) is 0 Å². The lowest BCUT2D eigenvalue weighted by Gasteiger charge is -2.07. The topological polar surface area (TPSA) is 17.8 Å². The molecule has 1 heterocycles. The number of nitrogens with zero attached hydrogens (tertiary/aromatic N) is 2. The molecule has 0 spiro atoms. The van der Waals surface area contributed by atoms with E-state index in [0.717, 1.165) is 5.56 Å². The predicted molar refractivity (Wildman–Crippen MR) is 60.1 cm³/mol. The van der Waals surface area contributed by atoms with E-state index in [1.165, 1.54) is 6.20 Å². The second-order valence-corrected chi connectivity index (χ2v) is 4.32. The number of hydrogen-bond acceptors (Lipinski definition) is 1. The van der Waals surface area contributed by atoms with Gasteiger partial charge in [0.15, 0.2) is 0 Å². The van der Waals surface area contributed by atoms with Crippen LogP contribution in [0.5, 0.6) is 0 Å². The molecule has 2 aromatic rings. The first-order chi connectivity index (χ1) is 7.50. The third kappa shape index (κ3) is 1.78. The summed E-state index contributed by atoms with van der Waals surface area (Å²) >= 11 is 6.16. The summed E-state index contributed by atoms with van der Waals surface area (Å²) in [6.07, 6.45) is 1.29. The summed E-state index contributed by atoms with van der Waals surface area (Å²) in [6.45, 7) is 1.38. The van der Waals surface area contributed by atoms with Gasteiger partial charge in [-0.05, 0) is 17.5 Å². The number of rotatable bonds is 2. The van der Waals surface area contributed by atoms with Crippen molar-refractivity contribution in [3.8, 4) is 0 Å². The first kappa shape index (κ1) is 11.3. The molecule has 0 aliphatic heterocycles. The molecule has 0 saturated carbocycles. The van der Waals surface area contributed by atoms with Gasteiger partial charge in [-0.3, -0.25) is 0 Å². The molecule has 16 heavy (non-hydrogen) atoms. The maximum absolute atomic E-state index is 12.5. The summed E-state index contributed by atoms with van der Waals surface area (Å²) in [5.74, 6) is 0.256. The van der Waals surface area contributed by atoms with Crippen LogP contribution in [0.15, 0.2) is 18.3 Å². The Bertz CT molecular complexity index is 520. The summed E-state index contributed by atoms with van der Waals surface area (Å²) < 4.78 is 25.5. The van der Waals surface area contributed by atoms with Crippen molar-refractivity contribution in [2.75, 3.05) is 0 Å². The molecule has 0 saturated heterocycles. The molecule has 0 radical (unpaired) electrons. The average Bonchev–Trinajstić information content (AvgIpc) is 2.62. The summed E-state index contributed by atoms with van der Waals surface area (Å²) in [5, 5.41) is 4.85. The van der Waals surface area contributed by atoms with E-state index in [2.05, 4.69) is 5.10 Å². The molecule has 0 aliphatic rings. The SMILES string of the molecule is CC(C)c1ccc2nn(C(F)F)cc2c1Cl. The van der Waals surface area contributed by atoms with E-state index in [4.69, 9.17) is 11.6 Å². The zero-order chi connectivity index (χ0) is 11.9. The lowest BCUT2D eigenvalue weighted by atomic mass is 10.0. The number of benzene rings is 1. The first-order valence-electron chi connectivity index (χ1n) is 4.96. The van der Waals surface area contributed by atoms with E-state index in [0.29, 0.717) is 20.6 Å². The van der Waals surface area contributed by atoms with Crippen molar-refractivity contribution in [2.45, 2.75) is 26.3 Å². The van der Waals surface area contributed by atoms with E-state index >= 15 is 0 Å². The van der Waals surface area contributed by atoms with Crippen molar-refractivity contribution >= 4 is 22.5 Å². The molecule has 0 aliphatic carbocycles. The average molecular weight is 245 g/mol. The van der Waals surface area contributed by atoms with Gasteiger partial charge in [-0.25, -0.2) is 4.68 Å². The van der Waals surface area contributed by atoms with Gasteiger partial charge in [0.05, 0.1) is 10.5 Å². The summed E-state index contributed by atoms with van der Waals surface area (Å²) in [7, 11) is 0. The van der Waals surface area contributed by atoms with Gasteiger partial charge >= 0.3 is 6.55 Å². The monoisotopic (exact) mass is 244 g/mol. The van der Waals surface area contributed by atoms with Gasteiger partial charge in [-0.2, -0.15) is 13.9 Å². The van der Waals surface area contributed by atoms with Crippen molar-refractivity contribution in [1.82, 2.24) is 9.78 Å². The van der Waals surface area contributed by atoms with Crippen LogP contribution >= 0.6 is 11.6 Å². The quantitative estimate of drug-likeness (QED) is 0.774. The molecule has 0 N–H and O–H groups in total. The number of hydrogen-bond donors (Lipinski definition) is 0. The van der Waals surface area contributed by atoms with Gasteiger partial charge in [0.2, 0.25) is 0 Å². The molecule has 2 rings (SSSR count). The summed E-state index contributed by atoms with van der Waals surface area (Å²) in [4.78, 5) is 0. The maximum atomic E-state index is 12.5. The van der Waals surface area contributed by atoms with Crippen LogP contribution in [0.25, 0.3) is 10.9 Å². The smallest absolute Gasteiger partial charge is 0.210 e. The van der Waals surface area contributed by atoms with Crippen LogP contribution in [0, 0.1) is 0 Å². The molecule has 0 atom stereocenters. The van der Waals surface area contributed by atoms with Crippen LogP contribution in [0.1, 0.15) is 31.9 Å². The first-order valence-corrected chi connectivity index (χ1v) is 5.34. The Kier molecular flexibility index (Phi) is 2.84. The lowest BCUT2D eigenvalue weighted by Crippen LogP contribution is -1.96. The van der Waals surface area contributed by atoms with Crippen LogP contribution in [-0.2, 0) is 0 Å². The van der Waals surface area contributed by atoms with Crippen molar-refractivity contribution in [1.29, 1.82) is 0 Å². The highest BCUT2D eigenvalue weighted by Crippen LogP contribution is 2.31. The zero-order valence-corrected chi connectivity index (χ0v) is 9.67. The minimum absolute atomic E-state index is 0.256. The minimum atomic E-state index is -2.63. The minimum Gasteiger partial charge on any atom is -0.210 e. The maximum Gasteiger partial charge on any atom is 0.333 e. The van der Waals surface area contributed by atoms with Crippen LogP contribution in [-0.4, -0.2) is 9.78 Å². The molecular weight excluding hydrogens is 234 g/mol. The molecular formula is C11H11ClF2N2. The lowest BCUT2D eigenvalue weighted by molar-refractivity contribution is 0.0574.